The topological polar surface area (TPSA) is 70.4 Å². The molecule has 0 saturated carbocycles. The highest BCUT2D eigenvalue weighted by atomic mass is 16.3. The number of nitrogens with zero attached hydrogens (tertiary/aromatic N) is 3. The fraction of sp³-hybridized carbons (Fsp3) is 0.231. The third-order valence-corrected chi connectivity index (χ3v) is 6.26. The molecule has 0 aliphatic carbocycles. The van der Waals surface area contributed by atoms with Gasteiger partial charge in [-0.3, -0.25) is 14.3 Å². The molecule has 2 aromatic heterocycles. The van der Waals surface area contributed by atoms with Crippen molar-refractivity contribution in [2.45, 2.75) is 32.7 Å². The van der Waals surface area contributed by atoms with E-state index in [4.69, 9.17) is 0 Å². The number of pyridine rings is 1. The number of hydrogen-bond donors (Lipinski definition) is 2. The standard InChI is InChI=1S/C26H26N4O2/c1-17(31)30-16-26(2,3)21-8-7-20(13-23(21)30)29-15-19-5-4-6-22(24(19)25(29)32)28-14-18-9-11-27-12-10-18/h4-13,15,28,32H,14,16H2,1-3H3. The minimum absolute atomic E-state index is 0.0264. The molecule has 6 heteroatoms. The molecule has 0 radical (unpaired) electrons. The molecule has 162 valence electrons. The van der Waals surface area contributed by atoms with Crippen LogP contribution in [0.25, 0.3) is 16.5 Å². The van der Waals surface area contributed by atoms with Crippen molar-refractivity contribution in [3.05, 3.63) is 78.2 Å². The van der Waals surface area contributed by atoms with Crippen molar-refractivity contribution in [1.29, 1.82) is 0 Å². The molecule has 0 unspecified atom stereocenters. The first-order valence-electron chi connectivity index (χ1n) is 10.7. The van der Waals surface area contributed by atoms with Crippen molar-refractivity contribution in [1.82, 2.24) is 9.55 Å². The monoisotopic (exact) mass is 426 g/mol. The Morgan fingerprint density at radius 1 is 1.16 bits per heavy atom. The lowest BCUT2D eigenvalue weighted by atomic mass is 9.87. The minimum atomic E-state index is -0.104. The van der Waals surface area contributed by atoms with Gasteiger partial charge >= 0.3 is 0 Å². The van der Waals surface area contributed by atoms with Crippen LogP contribution in [0.1, 0.15) is 31.9 Å². The van der Waals surface area contributed by atoms with E-state index in [0.717, 1.165) is 39.0 Å². The smallest absolute Gasteiger partial charge is 0.223 e. The van der Waals surface area contributed by atoms with Gasteiger partial charge in [-0.05, 0) is 41.5 Å². The van der Waals surface area contributed by atoms with Crippen LogP contribution in [0.4, 0.5) is 11.4 Å². The Morgan fingerprint density at radius 3 is 2.69 bits per heavy atom. The molecule has 32 heavy (non-hydrogen) atoms. The SMILES string of the molecule is CC(=O)N1CC(C)(C)c2ccc(-n3cc4cccc(NCc5ccncc5)c4c3O)cc21. The predicted octanol–water partition coefficient (Wildman–Crippen LogP) is 4.99. The molecule has 1 amide bonds. The van der Waals surface area contributed by atoms with Crippen LogP contribution in [0.2, 0.25) is 0 Å². The minimum Gasteiger partial charge on any atom is -0.494 e. The molecule has 0 spiro atoms. The molecule has 0 fully saturated rings. The van der Waals surface area contributed by atoms with Gasteiger partial charge in [0, 0.05) is 60.8 Å². The molecular formula is C26H26N4O2. The van der Waals surface area contributed by atoms with E-state index >= 15 is 0 Å². The lowest BCUT2D eigenvalue weighted by molar-refractivity contribution is -0.116. The second kappa shape index (κ2) is 7.41. The summed E-state index contributed by atoms with van der Waals surface area (Å²) >= 11 is 0. The number of fused-ring (bicyclic) bond motifs is 2. The van der Waals surface area contributed by atoms with E-state index in [1.54, 1.807) is 23.9 Å². The van der Waals surface area contributed by atoms with Crippen molar-refractivity contribution < 1.29 is 9.90 Å². The maximum atomic E-state index is 12.2. The summed E-state index contributed by atoms with van der Waals surface area (Å²) in [7, 11) is 0. The summed E-state index contributed by atoms with van der Waals surface area (Å²) in [4.78, 5) is 18.1. The first-order valence-corrected chi connectivity index (χ1v) is 10.7. The van der Waals surface area contributed by atoms with Crippen LogP contribution < -0.4 is 10.2 Å². The second-order valence-corrected chi connectivity index (χ2v) is 8.99. The number of carbonyl (C=O) groups is 1. The Kier molecular flexibility index (Phi) is 4.66. The van der Waals surface area contributed by atoms with Crippen molar-refractivity contribution in [2.75, 3.05) is 16.8 Å². The number of amides is 1. The van der Waals surface area contributed by atoms with E-state index < -0.39 is 0 Å². The van der Waals surface area contributed by atoms with Gasteiger partial charge in [0.2, 0.25) is 11.8 Å². The van der Waals surface area contributed by atoms with Gasteiger partial charge in [-0.15, -0.1) is 0 Å². The summed E-state index contributed by atoms with van der Waals surface area (Å²) in [6.07, 6.45) is 5.47. The average Bonchev–Trinajstić information content (AvgIpc) is 3.27. The summed E-state index contributed by atoms with van der Waals surface area (Å²) in [5.41, 5.74) is 4.75. The van der Waals surface area contributed by atoms with E-state index in [9.17, 15) is 9.90 Å². The largest absolute Gasteiger partial charge is 0.494 e. The quantitative estimate of drug-likeness (QED) is 0.482. The summed E-state index contributed by atoms with van der Waals surface area (Å²) in [5.74, 6) is 0.197. The van der Waals surface area contributed by atoms with E-state index in [1.807, 2.05) is 53.6 Å². The number of hydrogen-bond acceptors (Lipinski definition) is 4. The summed E-state index contributed by atoms with van der Waals surface area (Å²) in [6, 6.07) is 15.9. The summed E-state index contributed by atoms with van der Waals surface area (Å²) < 4.78 is 1.78. The third-order valence-electron chi connectivity index (χ3n) is 6.26. The Labute approximate surface area is 187 Å². The molecule has 0 bridgehead atoms. The number of carbonyl (C=O) groups excluding carboxylic acids is 1. The zero-order valence-corrected chi connectivity index (χ0v) is 18.5. The van der Waals surface area contributed by atoms with Gasteiger partial charge in [-0.1, -0.05) is 32.0 Å². The van der Waals surface area contributed by atoms with Crippen molar-refractivity contribution >= 4 is 28.1 Å². The van der Waals surface area contributed by atoms with Gasteiger partial charge in [-0.25, -0.2) is 0 Å². The normalized spacial score (nSPS) is 14.5. The predicted molar refractivity (Wildman–Crippen MR) is 128 cm³/mol. The first kappa shape index (κ1) is 20.1. The average molecular weight is 427 g/mol. The van der Waals surface area contributed by atoms with Crippen LogP contribution >= 0.6 is 0 Å². The molecule has 0 saturated heterocycles. The molecule has 5 rings (SSSR count). The first-order chi connectivity index (χ1) is 15.3. The molecule has 1 aliphatic rings. The lowest BCUT2D eigenvalue weighted by Gasteiger charge is -2.19. The molecule has 1 aliphatic heterocycles. The Morgan fingerprint density at radius 2 is 1.94 bits per heavy atom. The zero-order valence-electron chi connectivity index (χ0n) is 18.5. The van der Waals surface area contributed by atoms with Gasteiger partial charge in [0.05, 0.1) is 11.1 Å². The van der Waals surface area contributed by atoms with Gasteiger partial charge < -0.3 is 15.3 Å². The molecule has 3 heterocycles. The van der Waals surface area contributed by atoms with Gasteiger partial charge in [0.15, 0.2) is 0 Å². The lowest BCUT2D eigenvalue weighted by Crippen LogP contribution is -2.32. The van der Waals surface area contributed by atoms with Gasteiger partial charge in [0.1, 0.15) is 0 Å². The number of aromatic hydroxyl groups is 1. The highest BCUT2D eigenvalue weighted by molar-refractivity contribution is 5.99. The molecule has 6 nitrogen and oxygen atoms in total. The fourth-order valence-corrected chi connectivity index (χ4v) is 4.60. The van der Waals surface area contributed by atoms with Crippen LogP contribution in [0.15, 0.2) is 67.1 Å². The maximum absolute atomic E-state index is 12.2. The van der Waals surface area contributed by atoms with Gasteiger partial charge in [-0.2, -0.15) is 0 Å². The molecule has 4 aromatic rings. The molecular weight excluding hydrogens is 400 g/mol. The second-order valence-electron chi connectivity index (χ2n) is 8.99. The van der Waals surface area contributed by atoms with Crippen LogP contribution in [0.3, 0.4) is 0 Å². The number of aromatic nitrogens is 2. The summed E-state index contributed by atoms with van der Waals surface area (Å²) in [5, 5.41) is 16.3. The van der Waals surface area contributed by atoms with E-state index in [-0.39, 0.29) is 17.2 Å². The van der Waals surface area contributed by atoms with Crippen LogP contribution in [0, 0.1) is 0 Å². The van der Waals surface area contributed by atoms with Crippen molar-refractivity contribution in [3.8, 4) is 11.6 Å². The molecule has 2 N–H and O–H groups in total. The highest BCUT2D eigenvalue weighted by Crippen LogP contribution is 2.43. The van der Waals surface area contributed by atoms with Gasteiger partial charge in [0.25, 0.3) is 0 Å². The van der Waals surface area contributed by atoms with Crippen molar-refractivity contribution in [3.63, 3.8) is 0 Å². The van der Waals surface area contributed by atoms with E-state index in [2.05, 4.69) is 30.2 Å². The highest BCUT2D eigenvalue weighted by Gasteiger charge is 2.37. The van der Waals surface area contributed by atoms with Crippen LogP contribution in [0.5, 0.6) is 5.88 Å². The number of benzene rings is 2. The third kappa shape index (κ3) is 3.28. The van der Waals surface area contributed by atoms with E-state index in [1.165, 1.54) is 0 Å². The van der Waals surface area contributed by atoms with E-state index in [0.29, 0.717) is 13.1 Å². The molecule has 0 atom stereocenters. The Bertz CT molecular complexity index is 1320. The van der Waals surface area contributed by atoms with Crippen LogP contribution in [-0.2, 0) is 16.8 Å². The Hall–Kier alpha value is -3.80. The summed E-state index contributed by atoms with van der Waals surface area (Å²) in [6.45, 7) is 7.19. The maximum Gasteiger partial charge on any atom is 0.223 e. The number of nitrogens with one attached hydrogen (secondary N) is 1. The fourth-order valence-electron chi connectivity index (χ4n) is 4.60. The molecule has 2 aromatic carbocycles. The zero-order chi connectivity index (χ0) is 22.5. The van der Waals surface area contributed by atoms with Crippen molar-refractivity contribution in [2.24, 2.45) is 0 Å². The number of rotatable bonds is 4. The van der Waals surface area contributed by atoms with Crippen LogP contribution in [-0.4, -0.2) is 27.1 Å². The number of anilines is 2. The Balaban J connectivity index is 1.55.